The molecule has 0 saturated carbocycles. The molecule has 2 heterocycles. The van der Waals surface area contributed by atoms with Crippen LogP contribution in [0.2, 0.25) is 0 Å². The summed E-state index contributed by atoms with van der Waals surface area (Å²) >= 11 is 0. The van der Waals surface area contributed by atoms with Gasteiger partial charge in [0.05, 0.1) is 18.6 Å². The molecule has 0 aliphatic carbocycles. The number of aryl methyl sites for hydroxylation is 1. The summed E-state index contributed by atoms with van der Waals surface area (Å²) < 4.78 is 5.24. The van der Waals surface area contributed by atoms with E-state index in [0.29, 0.717) is 26.0 Å². The van der Waals surface area contributed by atoms with Crippen LogP contribution in [0.1, 0.15) is 36.9 Å². The van der Waals surface area contributed by atoms with Gasteiger partial charge in [0.1, 0.15) is 0 Å². The van der Waals surface area contributed by atoms with Crippen molar-refractivity contribution in [2.24, 2.45) is 5.92 Å². The number of piperazine rings is 1. The highest BCUT2D eigenvalue weighted by atomic mass is 16.5. The molecule has 6 heteroatoms. The number of hydrogen-bond donors (Lipinski definition) is 0. The van der Waals surface area contributed by atoms with Crippen LogP contribution in [-0.4, -0.2) is 79.5 Å². The van der Waals surface area contributed by atoms with Gasteiger partial charge < -0.3 is 19.4 Å². The first kappa shape index (κ1) is 20.8. The molecule has 0 unspecified atom stereocenters. The molecule has 2 atom stereocenters. The fraction of sp³-hybridized carbons (Fsp3) is 0.636. The second-order valence-corrected chi connectivity index (χ2v) is 7.84. The molecule has 28 heavy (non-hydrogen) atoms. The van der Waals surface area contributed by atoms with E-state index in [-0.39, 0.29) is 23.8 Å². The fourth-order valence-corrected chi connectivity index (χ4v) is 4.36. The van der Waals surface area contributed by atoms with Gasteiger partial charge in [-0.25, -0.2) is 0 Å². The second kappa shape index (κ2) is 9.52. The maximum Gasteiger partial charge on any atom is 0.228 e. The fourth-order valence-electron chi connectivity index (χ4n) is 4.36. The zero-order valence-corrected chi connectivity index (χ0v) is 17.4. The lowest BCUT2D eigenvalue weighted by Gasteiger charge is -2.43. The van der Waals surface area contributed by atoms with Crippen LogP contribution in [0, 0.1) is 12.8 Å². The van der Waals surface area contributed by atoms with Crippen LogP contribution in [0.25, 0.3) is 0 Å². The zero-order valence-electron chi connectivity index (χ0n) is 17.4. The van der Waals surface area contributed by atoms with Crippen molar-refractivity contribution in [3.63, 3.8) is 0 Å². The Bertz CT molecular complexity index is 668. The molecule has 3 rings (SSSR count). The number of benzene rings is 1. The highest BCUT2D eigenvalue weighted by Crippen LogP contribution is 2.38. The Balaban J connectivity index is 1.85. The van der Waals surface area contributed by atoms with E-state index in [0.717, 1.165) is 38.3 Å². The van der Waals surface area contributed by atoms with Crippen molar-refractivity contribution in [1.29, 1.82) is 0 Å². The summed E-state index contributed by atoms with van der Waals surface area (Å²) in [5, 5.41) is 0. The number of carbonyl (C=O) groups is 2. The summed E-state index contributed by atoms with van der Waals surface area (Å²) in [6.45, 7) is 9.63. The molecule has 0 N–H and O–H groups in total. The molecule has 2 aliphatic rings. The van der Waals surface area contributed by atoms with Gasteiger partial charge in [0.2, 0.25) is 11.8 Å². The Morgan fingerprint density at radius 3 is 2.43 bits per heavy atom. The van der Waals surface area contributed by atoms with E-state index in [1.807, 2.05) is 16.7 Å². The van der Waals surface area contributed by atoms with Crippen molar-refractivity contribution >= 4 is 11.8 Å². The first-order valence-electron chi connectivity index (χ1n) is 10.4. The average Bonchev–Trinajstić information content (AvgIpc) is 2.73. The van der Waals surface area contributed by atoms with Gasteiger partial charge in [0.25, 0.3) is 0 Å². The first-order chi connectivity index (χ1) is 13.5. The minimum atomic E-state index is -0.214. The normalized spacial score (nSPS) is 23.9. The largest absolute Gasteiger partial charge is 0.383 e. The predicted molar refractivity (Wildman–Crippen MR) is 109 cm³/mol. The molecule has 2 fully saturated rings. The van der Waals surface area contributed by atoms with Crippen LogP contribution >= 0.6 is 0 Å². The van der Waals surface area contributed by atoms with Gasteiger partial charge in [-0.3, -0.25) is 9.59 Å². The van der Waals surface area contributed by atoms with E-state index in [1.54, 1.807) is 7.11 Å². The van der Waals surface area contributed by atoms with Crippen LogP contribution in [0.3, 0.4) is 0 Å². The van der Waals surface area contributed by atoms with Gasteiger partial charge >= 0.3 is 0 Å². The maximum atomic E-state index is 13.5. The summed E-state index contributed by atoms with van der Waals surface area (Å²) in [4.78, 5) is 32.4. The van der Waals surface area contributed by atoms with Crippen molar-refractivity contribution in [3.8, 4) is 0 Å². The second-order valence-electron chi connectivity index (χ2n) is 7.84. The third-order valence-corrected chi connectivity index (χ3v) is 6.11. The van der Waals surface area contributed by atoms with Crippen molar-refractivity contribution in [1.82, 2.24) is 14.7 Å². The third kappa shape index (κ3) is 4.55. The zero-order chi connectivity index (χ0) is 20.1. The number of amides is 2. The Kier molecular flexibility index (Phi) is 7.08. The van der Waals surface area contributed by atoms with E-state index in [2.05, 4.69) is 36.1 Å². The molecule has 2 saturated heterocycles. The highest BCUT2D eigenvalue weighted by molar-refractivity contribution is 5.85. The van der Waals surface area contributed by atoms with Gasteiger partial charge in [-0.1, -0.05) is 36.8 Å². The van der Waals surface area contributed by atoms with Crippen LogP contribution in [0.5, 0.6) is 0 Å². The summed E-state index contributed by atoms with van der Waals surface area (Å²) in [7, 11) is 1.64. The van der Waals surface area contributed by atoms with Gasteiger partial charge in [0, 0.05) is 46.3 Å². The minimum absolute atomic E-state index is 0.113. The molecule has 154 valence electrons. The first-order valence-corrected chi connectivity index (χ1v) is 10.4. The van der Waals surface area contributed by atoms with Crippen molar-refractivity contribution in [2.75, 3.05) is 53.0 Å². The molecule has 2 amide bonds. The summed E-state index contributed by atoms with van der Waals surface area (Å²) in [5.41, 5.74) is 2.22. The van der Waals surface area contributed by atoms with Gasteiger partial charge in [-0.05, 0) is 25.5 Å². The quantitative estimate of drug-likeness (QED) is 0.750. The van der Waals surface area contributed by atoms with Crippen molar-refractivity contribution in [2.45, 2.75) is 32.7 Å². The number of ether oxygens (including phenoxy) is 1. The van der Waals surface area contributed by atoms with E-state index in [9.17, 15) is 9.59 Å². The Labute approximate surface area is 168 Å². The number of likely N-dealkylation sites (N-methyl/N-ethyl adjacent to an activating group) is 1. The van der Waals surface area contributed by atoms with Gasteiger partial charge in [-0.2, -0.15) is 0 Å². The topological polar surface area (TPSA) is 53.1 Å². The smallest absolute Gasteiger partial charge is 0.228 e. The summed E-state index contributed by atoms with van der Waals surface area (Å²) in [6, 6.07) is 8.03. The molecular weight excluding hydrogens is 354 g/mol. The van der Waals surface area contributed by atoms with E-state index < -0.39 is 0 Å². The lowest BCUT2D eigenvalue weighted by molar-refractivity contribution is -0.149. The molecule has 2 aliphatic heterocycles. The molecule has 0 spiro atoms. The summed E-state index contributed by atoms with van der Waals surface area (Å²) in [5.74, 6) is 0.115. The SMILES string of the molecule is CCN1CCN(C(=O)[C@@H]2CCC(=O)N(CCOC)[C@@H]2c2ccc(C)cc2)CC1. The molecule has 0 bridgehead atoms. The Morgan fingerprint density at radius 1 is 1.14 bits per heavy atom. The lowest BCUT2D eigenvalue weighted by Crippen LogP contribution is -2.54. The van der Waals surface area contributed by atoms with Crippen LogP contribution < -0.4 is 0 Å². The van der Waals surface area contributed by atoms with Gasteiger partial charge in [-0.15, -0.1) is 0 Å². The predicted octanol–water partition coefficient (Wildman–Crippen LogP) is 2.09. The molecule has 1 aromatic rings. The number of hydrogen-bond acceptors (Lipinski definition) is 4. The summed E-state index contributed by atoms with van der Waals surface area (Å²) in [6.07, 6.45) is 1.05. The van der Waals surface area contributed by atoms with Crippen LogP contribution in [0.4, 0.5) is 0 Å². The number of nitrogens with zero attached hydrogens (tertiary/aromatic N) is 3. The molecule has 0 radical (unpaired) electrons. The molecular formula is C22H33N3O3. The minimum Gasteiger partial charge on any atom is -0.383 e. The van der Waals surface area contributed by atoms with Crippen LogP contribution in [0.15, 0.2) is 24.3 Å². The van der Waals surface area contributed by atoms with E-state index >= 15 is 0 Å². The number of piperidine rings is 1. The van der Waals surface area contributed by atoms with Crippen LogP contribution in [-0.2, 0) is 14.3 Å². The number of likely N-dealkylation sites (tertiary alicyclic amines) is 1. The Morgan fingerprint density at radius 2 is 1.82 bits per heavy atom. The lowest BCUT2D eigenvalue weighted by atomic mass is 9.83. The monoisotopic (exact) mass is 387 g/mol. The molecule has 0 aromatic heterocycles. The third-order valence-electron chi connectivity index (χ3n) is 6.11. The van der Waals surface area contributed by atoms with Crippen molar-refractivity contribution in [3.05, 3.63) is 35.4 Å². The van der Waals surface area contributed by atoms with E-state index in [4.69, 9.17) is 4.74 Å². The number of carbonyl (C=O) groups excluding carboxylic acids is 2. The standard InChI is InChI=1S/C22H33N3O3/c1-4-23-11-13-24(14-12-23)22(27)19-9-10-20(26)25(15-16-28-3)21(19)18-7-5-17(2)6-8-18/h5-8,19,21H,4,9-16H2,1-3H3/t19-,21-/m1/s1. The van der Waals surface area contributed by atoms with E-state index in [1.165, 1.54) is 5.56 Å². The average molecular weight is 388 g/mol. The number of rotatable bonds is 6. The molecule has 6 nitrogen and oxygen atoms in total. The maximum absolute atomic E-state index is 13.5. The highest BCUT2D eigenvalue weighted by Gasteiger charge is 2.42. The number of methoxy groups -OCH3 is 1. The molecule has 1 aromatic carbocycles. The Hall–Kier alpha value is -1.92. The van der Waals surface area contributed by atoms with Crippen molar-refractivity contribution < 1.29 is 14.3 Å². The van der Waals surface area contributed by atoms with Gasteiger partial charge in [0.15, 0.2) is 0 Å².